The van der Waals surface area contributed by atoms with Crippen LogP contribution in [0, 0.1) is 6.92 Å². The Morgan fingerprint density at radius 2 is 1.92 bits per heavy atom. The average Bonchev–Trinajstić information content (AvgIpc) is 2.16. The Morgan fingerprint density at radius 3 is 2.38 bits per heavy atom. The largest absolute Gasteiger partial charge is 0.504 e. The van der Waals surface area contributed by atoms with Gasteiger partial charge in [0.1, 0.15) is 0 Å². The Kier molecular flexibility index (Phi) is 3.32. The molecule has 1 aromatic carbocycles. The first kappa shape index (κ1) is 9.59. The number of rotatable bonds is 3. The second kappa shape index (κ2) is 4.51. The molecule has 1 heteroatoms. The smallest absolute Gasteiger partial charge is 0.0902 e. The van der Waals surface area contributed by atoms with Crippen LogP contribution in [0.3, 0.4) is 0 Å². The molecule has 0 spiro atoms. The van der Waals surface area contributed by atoms with Crippen molar-refractivity contribution in [3.05, 3.63) is 54.3 Å². The van der Waals surface area contributed by atoms with Crippen LogP contribution in [0.1, 0.15) is 11.1 Å². The number of ether oxygens (including phenoxy) is 1. The van der Waals surface area contributed by atoms with Crippen molar-refractivity contribution in [2.45, 2.75) is 6.92 Å². The number of benzene rings is 1. The van der Waals surface area contributed by atoms with E-state index in [4.69, 9.17) is 4.74 Å². The number of hydrogen-bond donors (Lipinski definition) is 0. The molecule has 0 aliphatic carbocycles. The normalized spacial score (nSPS) is 11.1. The zero-order valence-corrected chi connectivity index (χ0v) is 8.08. The summed E-state index contributed by atoms with van der Waals surface area (Å²) < 4.78 is 4.95. The van der Waals surface area contributed by atoms with Gasteiger partial charge in [-0.1, -0.05) is 42.5 Å². The zero-order chi connectivity index (χ0) is 9.68. The van der Waals surface area contributed by atoms with Crippen LogP contribution in [-0.2, 0) is 4.74 Å². The second-order valence-electron chi connectivity index (χ2n) is 2.88. The summed E-state index contributed by atoms with van der Waals surface area (Å²) in [7, 11) is 1.64. The van der Waals surface area contributed by atoms with E-state index in [1.807, 2.05) is 0 Å². The van der Waals surface area contributed by atoms with Gasteiger partial charge in [-0.15, -0.1) is 0 Å². The van der Waals surface area contributed by atoms with Gasteiger partial charge in [0.25, 0.3) is 0 Å². The zero-order valence-electron chi connectivity index (χ0n) is 8.08. The fraction of sp³-hybridized carbons (Fsp3) is 0.167. The fourth-order valence-electron chi connectivity index (χ4n) is 1.11. The van der Waals surface area contributed by atoms with Gasteiger partial charge in [-0.25, -0.2) is 0 Å². The molecular formula is C12H14O. The summed E-state index contributed by atoms with van der Waals surface area (Å²) in [5.74, 6) is 0. The lowest BCUT2D eigenvalue weighted by Crippen LogP contribution is -1.82. The standard InChI is InChI=1S/C12H14O/c1-4-11(9-13-3)12-7-5-10(2)6-8-12/h4-9H,1H2,2-3H3/b11-9+. The molecule has 0 amide bonds. The third-order valence-corrected chi connectivity index (χ3v) is 1.85. The van der Waals surface area contributed by atoms with Crippen molar-refractivity contribution >= 4 is 5.57 Å². The molecule has 0 unspecified atom stereocenters. The van der Waals surface area contributed by atoms with Gasteiger partial charge in [-0.2, -0.15) is 0 Å². The number of aryl methyl sites for hydroxylation is 1. The molecule has 68 valence electrons. The highest BCUT2D eigenvalue weighted by molar-refractivity contribution is 5.72. The minimum absolute atomic E-state index is 1.00. The van der Waals surface area contributed by atoms with Crippen LogP contribution in [0.25, 0.3) is 5.57 Å². The number of hydrogen-bond acceptors (Lipinski definition) is 1. The lowest BCUT2D eigenvalue weighted by molar-refractivity contribution is 0.340. The van der Waals surface area contributed by atoms with Crippen LogP contribution in [0.2, 0.25) is 0 Å². The first-order valence-electron chi connectivity index (χ1n) is 4.20. The minimum Gasteiger partial charge on any atom is -0.504 e. The van der Waals surface area contributed by atoms with Crippen molar-refractivity contribution < 1.29 is 4.74 Å². The summed E-state index contributed by atoms with van der Waals surface area (Å²) >= 11 is 0. The molecule has 1 nitrogen and oxygen atoms in total. The van der Waals surface area contributed by atoms with Crippen LogP contribution in [-0.4, -0.2) is 7.11 Å². The van der Waals surface area contributed by atoms with E-state index in [2.05, 4.69) is 37.8 Å². The molecule has 13 heavy (non-hydrogen) atoms. The Labute approximate surface area is 79.4 Å². The third kappa shape index (κ3) is 2.48. The molecule has 0 fully saturated rings. The molecule has 1 rings (SSSR count). The van der Waals surface area contributed by atoms with Crippen LogP contribution in [0.5, 0.6) is 0 Å². The summed E-state index contributed by atoms with van der Waals surface area (Å²) in [5.41, 5.74) is 3.38. The van der Waals surface area contributed by atoms with Crippen molar-refractivity contribution in [1.29, 1.82) is 0 Å². The van der Waals surface area contributed by atoms with Gasteiger partial charge in [0, 0.05) is 5.57 Å². The summed E-state index contributed by atoms with van der Waals surface area (Å²) in [6.07, 6.45) is 3.48. The van der Waals surface area contributed by atoms with E-state index in [1.54, 1.807) is 19.4 Å². The minimum atomic E-state index is 1.00. The topological polar surface area (TPSA) is 9.23 Å². The Morgan fingerprint density at radius 1 is 1.31 bits per heavy atom. The van der Waals surface area contributed by atoms with E-state index in [0.717, 1.165) is 11.1 Å². The van der Waals surface area contributed by atoms with Crippen molar-refractivity contribution in [2.24, 2.45) is 0 Å². The maximum atomic E-state index is 4.95. The lowest BCUT2D eigenvalue weighted by Gasteiger charge is -2.02. The summed E-state index contributed by atoms with van der Waals surface area (Å²) in [5, 5.41) is 0. The van der Waals surface area contributed by atoms with Crippen LogP contribution >= 0.6 is 0 Å². The average molecular weight is 174 g/mol. The maximum Gasteiger partial charge on any atom is 0.0902 e. The Balaban J connectivity index is 2.99. The van der Waals surface area contributed by atoms with Gasteiger partial charge in [0.2, 0.25) is 0 Å². The van der Waals surface area contributed by atoms with E-state index in [0.29, 0.717) is 0 Å². The lowest BCUT2D eigenvalue weighted by atomic mass is 10.1. The van der Waals surface area contributed by atoms with E-state index in [9.17, 15) is 0 Å². The Bertz CT molecular complexity index is 306. The van der Waals surface area contributed by atoms with Crippen LogP contribution < -0.4 is 0 Å². The monoisotopic (exact) mass is 174 g/mol. The second-order valence-corrected chi connectivity index (χ2v) is 2.88. The summed E-state index contributed by atoms with van der Waals surface area (Å²) in [6, 6.07) is 8.26. The van der Waals surface area contributed by atoms with Crippen LogP contribution in [0.4, 0.5) is 0 Å². The van der Waals surface area contributed by atoms with Gasteiger partial charge in [0.05, 0.1) is 13.4 Å². The predicted octanol–water partition coefficient (Wildman–Crippen LogP) is 3.17. The summed E-state index contributed by atoms with van der Waals surface area (Å²) in [4.78, 5) is 0. The van der Waals surface area contributed by atoms with Crippen molar-refractivity contribution in [3.8, 4) is 0 Å². The van der Waals surface area contributed by atoms with Gasteiger partial charge in [-0.05, 0) is 12.5 Å². The van der Waals surface area contributed by atoms with Gasteiger partial charge in [0.15, 0.2) is 0 Å². The Hall–Kier alpha value is -1.50. The maximum absolute atomic E-state index is 4.95. The molecule has 0 aliphatic heterocycles. The number of allylic oxidation sites excluding steroid dienone is 2. The predicted molar refractivity (Wildman–Crippen MR) is 56.4 cm³/mol. The van der Waals surface area contributed by atoms with E-state index >= 15 is 0 Å². The first-order chi connectivity index (χ1) is 6.27. The molecule has 0 aliphatic rings. The van der Waals surface area contributed by atoms with Crippen molar-refractivity contribution in [3.63, 3.8) is 0 Å². The fourth-order valence-corrected chi connectivity index (χ4v) is 1.11. The molecule has 0 heterocycles. The van der Waals surface area contributed by atoms with Crippen molar-refractivity contribution in [1.82, 2.24) is 0 Å². The molecule has 0 N–H and O–H groups in total. The quantitative estimate of drug-likeness (QED) is 0.505. The van der Waals surface area contributed by atoms with Gasteiger partial charge in [-0.3, -0.25) is 0 Å². The molecule has 1 aromatic rings. The van der Waals surface area contributed by atoms with Gasteiger partial charge >= 0.3 is 0 Å². The SMILES string of the molecule is C=C/C(=C\OC)c1ccc(C)cc1. The van der Waals surface area contributed by atoms with Gasteiger partial charge < -0.3 is 4.74 Å². The van der Waals surface area contributed by atoms with E-state index < -0.39 is 0 Å². The molecule has 0 bridgehead atoms. The molecule has 0 atom stereocenters. The molecule has 0 saturated carbocycles. The van der Waals surface area contributed by atoms with Crippen LogP contribution in [0.15, 0.2) is 43.2 Å². The molecular weight excluding hydrogens is 160 g/mol. The molecule has 0 radical (unpaired) electrons. The third-order valence-electron chi connectivity index (χ3n) is 1.85. The molecule has 0 saturated heterocycles. The highest BCUT2D eigenvalue weighted by Gasteiger charge is 1.95. The first-order valence-corrected chi connectivity index (χ1v) is 4.20. The van der Waals surface area contributed by atoms with E-state index in [1.165, 1.54) is 5.56 Å². The van der Waals surface area contributed by atoms with E-state index in [-0.39, 0.29) is 0 Å². The molecule has 0 aromatic heterocycles. The van der Waals surface area contributed by atoms with Crippen molar-refractivity contribution in [2.75, 3.05) is 7.11 Å². The highest BCUT2D eigenvalue weighted by Crippen LogP contribution is 2.15. The summed E-state index contributed by atoms with van der Waals surface area (Å²) in [6.45, 7) is 5.80. The highest BCUT2D eigenvalue weighted by atomic mass is 16.5. The number of methoxy groups -OCH3 is 1.